The molecule has 0 aliphatic heterocycles. The van der Waals surface area contributed by atoms with E-state index in [1.165, 1.54) is 18.5 Å². The van der Waals surface area contributed by atoms with Crippen LogP contribution in [0.25, 0.3) is 0 Å². The average Bonchev–Trinajstić information content (AvgIpc) is 2.38. The van der Waals surface area contributed by atoms with Crippen molar-refractivity contribution in [3.05, 3.63) is 47.8 Å². The fourth-order valence-electron chi connectivity index (χ4n) is 1.42. The van der Waals surface area contributed by atoms with E-state index in [4.69, 9.17) is 5.11 Å². The van der Waals surface area contributed by atoms with Gasteiger partial charge in [-0.25, -0.2) is 4.79 Å². The monoisotopic (exact) mass is 244 g/mol. The van der Waals surface area contributed by atoms with Crippen LogP contribution in [-0.4, -0.2) is 26.0 Å². The smallest absolute Gasteiger partial charge is 0.337 e. The van der Waals surface area contributed by atoms with Gasteiger partial charge in [-0.2, -0.15) is 0 Å². The van der Waals surface area contributed by atoms with Gasteiger partial charge in [0.15, 0.2) is 0 Å². The van der Waals surface area contributed by atoms with Gasteiger partial charge in [0.1, 0.15) is 0 Å². The molecule has 6 nitrogen and oxygen atoms in total. The summed E-state index contributed by atoms with van der Waals surface area (Å²) in [6, 6.07) is 1.45. The fraction of sp³-hybridized carbons (Fsp3) is 0.167. The van der Waals surface area contributed by atoms with Crippen molar-refractivity contribution in [2.45, 2.75) is 13.5 Å². The number of hydrogen-bond acceptors (Lipinski definition) is 5. The van der Waals surface area contributed by atoms with Gasteiger partial charge in [0.05, 0.1) is 41.6 Å². The van der Waals surface area contributed by atoms with Crippen LogP contribution >= 0.6 is 0 Å². The number of anilines is 1. The molecule has 2 rings (SSSR count). The number of carbonyl (C=O) groups is 1. The summed E-state index contributed by atoms with van der Waals surface area (Å²) in [5, 5.41) is 12.0. The number of carboxylic acids is 1. The predicted octanol–water partition coefficient (Wildman–Crippen LogP) is 1.49. The number of nitrogens with zero attached hydrogens (tertiary/aromatic N) is 3. The lowest BCUT2D eigenvalue weighted by Crippen LogP contribution is -2.08. The van der Waals surface area contributed by atoms with E-state index in [0.717, 1.165) is 11.4 Å². The zero-order chi connectivity index (χ0) is 13.0. The van der Waals surface area contributed by atoms with Crippen LogP contribution in [0.1, 0.15) is 21.7 Å². The first-order chi connectivity index (χ1) is 8.66. The second-order valence-corrected chi connectivity index (χ2v) is 3.73. The molecule has 0 aliphatic rings. The molecule has 6 heteroatoms. The van der Waals surface area contributed by atoms with E-state index < -0.39 is 5.97 Å². The van der Waals surface area contributed by atoms with Crippen LogP contribution in [0.5, 0.6) is 0 Å². The molecule has 0 atom stereocenters. The number of aromatic nitrogens is 3. The Bertz CT molecular complexity index is 554. The van der Waals surface area contributed by atoms with Crippen molar-refractivity contribution < 1.29 is 9.90 Å². The molecule has 0 saturated carbocycles. The summed E-state index contributed by atoms with van der Waals surface area (Å²) >= 11 is 0. The SMILES string of the molecule is Cc1cnc(CNc2cnccc2C(=O)O)cn1. The van der Waals surface area contributed by atoms with Crippen LogP contribution < -0.4 is 5.32 Å². The highest BCUT2D eigenvalue weighted by Crippen LogP contribution is 2.13. The minimum absolute atomic E-state index is 0.185. The number of aromatic carboxylic acids is 1. The Balaban J connectivity index is 2.10. The molecule has 0 bridgehead atoms. The van der Waals surface area contributed by atoms with Crippen molar-refractivity contribution in [2.75, 3.05) is 5.32 Å². The van der Waals surface area contributed by atoms with E-state index in [-0.39, 0.29) is 5.56 Å². The third-order valence-corrected chi connectivity index (χ3v) is 2.35. The van der Waals surface area contributed by atoms with Crippen molar-refractivity contribution in [1.82, 2.24) is 15.0 Å². The minimum Gasteiger partial charge on any atom is -0.478 e. The van der Waals surface area contributed by atoms with Crippen LogP contribution in [-0.2, 0) is 6.54 Å². The lowest BCUT2D eigenvalue weighted by Gasteiger charge is -2.08. The predicted molar refractivity (Wildman–Crippen MR) is 65.3 cm³/mol. The van der Waals surface area contributed by atoms with Crippen LogP contribution in [0.3, 0.4) is 0 Å². The van der Waals surface area contributed by atoms with Gasteiger partial charge in [0.25, 0.3) is 0 Å². The molecule has 0 amide bonds. The molecule has 0 aliphatic carbocycles. The molecule has 18 heavy (non-hydrogen) atoms. The van der Waals surface area contributed by atoms with Gasteiger partial charge in [-0.15, -0.1) is 0 Å². The van der Waals surface area contributed by atoms with E-state index in [0.29, 0.717) is 12.2 Å². The van der Waals surface area contributed by atoms with Crippen molar-refractivity contribution >= 4 is 11.7 Å². The van der Waals surface area contributed by atoms with Crippen molar-refractivity contribution in [2.24, 2.45) is 0 Å². The summed E-state index contributed by atoms with van der Waals surface area (Å²) < 4.78 is 0. The largest absolute Gasteiger partial charge is 0.478 e. The van der Waals surface area contributed by atoms with Gasteiger partial charge in [-0.3, -0.25) is 15.0 Å². The lowest BCUT2D eigenvalue weighted by molar-refractivity contribution is 0.0698. The molecular formula is C12H12N4O2. The van der Waals surface area contributed by atoms with Gasteiger partial charge in [-0.1, -0.05) is 0 Å². The van der Waals surface area contributed by atoms with Crippen molar-refractivity contribution in [1.29, 1.82) is 0 Å². The molecule has 0 spiro atoms. The van der Waals surface area contributed by atoms with Crippen LogP contribution in [0.4, 0.5) is 5.69 Å². The molecule has 2 heterocycles. The fourth-order valence-corrected chi connectivity index (χ4v) is 1.42. The Hall–Kier alpha value is -2.50. The highest BCUT2D eigenvalue weighted by Gasteiger charge is 2.09. The Morgan fingerprint density at radius 1 is 1.33 bits per heavy atom. The number of hydrogen-bond donors (Lipinski definition) is 2. The topological polar surface area (TPSA) is 88.0 Å². The summed E-state index contributed by atoms with van der Waals surface area (Å²) in [5.41, 5.74) is 2.23. The first-order valence-electron chi connectivity index (χ1n) is 5.35. The van der Waals surface area contributed by atoms with E-state index in [1.807, 2.05) is 6.92 Å². The summed E-state index contributed by atoms with van der Waals surface area (Å²) in [6.07, 6.45) is 6.24. The van der Waals surface area contributed by atoms with E-state index in [9.17, 15) is 4.79 Å². The summed E-state index contributed by atoms with van der Waals surface area (Å²) in [4.78, 5) is 23.2. The Kier molecular flexibility index (Phi) is 3.47. The van der Waals surface area contributed by atoms with E-state index in [2.05, 4.69) is 20.3 Å². The maximum Gasteiger partial charge on any atom is 0.337 e. The summed E-state index contributed by atoms with van der Waals surface area (Å²) in [6.45, 7) is 2.26. The molecule has 92 valence electrons. The maximum absolute atomic E-state index is 11.0. The van der Waals surface area contributed by atoms with E-state index in [1.54, 1.807) is 12.4 Å². The van der Waals surface area contributed by atoms with Crippen LogP contribution in [0.15, 0.2) is 30.9 Å². The number of nitrogens with one attached hydrogen (secondary N) is 1. The second kappa shape index (κ2) is 5.22. The zero-order valence-electron chi connectivity index (χ0n) is 9.79. The molecule has 2 aromatic rings. The average molecular weight is 244 g/mol. The van der Waals surface area contributed by atoms with Gasteiger partial charge < -0.3 is 10.4 Å². The summed E-state index contributed by atoms with van der Waals surface area (Å²) in [7, 11) is 0. The zero-order valence-corrected chi connectivity index (χ0v) is 9.79. The Morgan fingerprint density at radius 3 is 2.83 bits per heavy atom. The molecule has 0 aromatic carbocycles. The highest BCUT2D eigenvalue weighted by molar-refractivity contribution is 5.93. The van der Waals surface area contributed by atoms with Crippen LogP contribution in [0, 0.1) is 6.92 Å². The number of aryl methyl sites for hydroxylation is 1. The Morgan fingerprint density at radius 2 is 2.17 bits per heavy atom. The van der Waals surface area contributed by atoms with Crippen molar-refractivity contribution in [3.8, 4) is 0 Å². The van der Waals surface area contributed by atoms with Gasteiger partial charge in [-0.05, 0) is 13.0 Å². The van der Waals surface area contributed by atoms with Gasteiger partial charge in [0, 0.05) is 12.4 Å². The number of pyridine rings is 1. The number of rotatable bonds is 4. The third kappa shape index (κ3) is 2.79. The van der Waals surface area contributed by atoms with Gasteiger partial charge >= 0.3 is 5.97 Å². The lowest BCUT2D eigenvalue weighted by atomic mass is 10.2. The first-order valence-corrected chi connectivity index (χ1v) is 5.35. The van der Waals surface area contributed by atoms with Crippen LogP contribution in [0.2, 0.25) is 0 Å². The van der Waals surface area contributed by atoms with Crippen molar-refractivity contribution in [3.63, 3.8) is 0 Å². The first kappa shape index (κ1) is 12.0. The molecular weight excluding hydrogens is 232 g/mol. The molecule has 0 fully saturated rings. The quantitative estimate of drug-likeness (QED) is 0.847. The molecule has 0 unspecified atom stereocenters. The standard InChI is InChI=1S/C12H12N4O2/c1-8-4-15-9(5-14-8)6-16-11-7-13-3-2-10(11)12(17)18/h2-5,7,16H,6H2,1H3,(H,17,18). The maximum atomic E-state index is 11.0. The summed E-state index contributed by atoms with van der Waals surface area (Å²) in [5.74, 6) is -0.991. The third-order valence-electron chi connectivity index (χ3n) is 2.35. The Labute approximate surface area is 104 Å². The van der Waals surface area contributed by atoms with Gasteiger partial charge in [0.2, 0.25) is 0 Å². The molecule has 2 aromatic heterocycles. The normalized spacial score (nSPS) is 10.1. The molecule has 2 N–H and O–H groups in total. The van der Waals surface area contributed by atoms with E-state index >= 15 is 0 Å². The molecule has 0 radical (unpaired) electrons. The molecule has 0 saturated heterocycles. The minimum atomic E-state index is -0.991. The second-order valence-electron chi connectivity index (χ2n) is 3.73. The highest BCUT2D eigenvalue weighted by atomic mass is 16.4. The number of carboxylic acid groups (broad SMARTS) is 1.